The van der Waals surface area contributed by atoms with Crippen molar-refractivity contribution >= 4 is 5.57 Å². The number of benzene rings is 1. The van der Waals surface area contributed by atoms with Gasteiger partial charge in [-0.1, -0.05) is 12.6 Å². The molecule has 0 heterocycles. The lowest BCUT2D eigenvalue weighted by Crippen LogP contribution is -1.85. The maximum atomic E-state index is 9.38. The van der Waals surface area contributed by atoms with Crippen molar-refractivity contribution in [3.05, 3.63) is 35.9 Å². The number of hydrogen-bond acceptors (Lipinski definition) is 2. The van der Waals surface area contributed by atoms with Crippen LogP contribution >= 0.6 is 0 Å². The Morgan fingerprint density at radius 1 is 1.58 bits per heavy atom. The van der Waals surface area contributed by atoms with Crippen molar-refractivity contribution in [2.75, 3.05) is 0 Å². The minimum absolute atomic E-state index is 0.113. The van der Waals surface area contributed by atoms with E-state index in [0.717, 1.165) is 0 Å². The highest BCUT2D eigenvalue weighted by atomic mass is 16.3. The van der Waals surface area contributed by atoms with Crippen LogP contribution in [0.4, 0.5) is 0 Å². The summed E-state index contributed by atoms with van der Waals surface area (Å²) in [5.41, 5.74) is 1.70. The average Bonchev–Trinajstić information content (AvgIpc) is 2.03. The van der Waals surface area contributed by atoms with Crippen molar-refractivity contribution in [3.63, 3.8) is 0 Å². The minimum atomic E-state index is 0.113. The van der Waals surface area contributed by atoms with Gasteiger partial charge in [0, 0.05) is 5.56 Å². The van der Waals surface area contributed by atoms with Gasteiger partial charge in [0.1, 0.15) is 5.75 Å². The Morgan fingerprint density at radius 2 is 2.25 bits per heavy atom. The van der Waals surface area contributed by atoms with Crippen molar-refractivity contribution < 1.29 is 5.11 Å². The summed E-state index contributed by atoms with van der Waals surface area (Å²) < 4.78 is 0. The second kappa shape index (κ2) is 3.10. The van der Waals surface area contributed by atoms with Gasteiger partial charge in [-0.3, -0.25) is 0 Å². The summed E-state index contributed by atoms with van der Waals surface area (Å²) in [5, 5.41) is 18.1. The van der Waals surface area contributed by atoms with E-state index in [0.29, 0.717) is 16.7 Å². The molecule has 0 spiro atoms. The van der Waals surface area contributed by atoms with Crippen LogP contribution in [0.2, 0.25) is 0 Å². The van der Waals surface area contributed by atoms with E-state index in [1.807, 2.05) is 6.07 Å². The Kier molecular flexibility index (Phi) is 2.16. The van der Waals surface area contributed by atoms with Crippen LogP contribution in [-0.2, 0) is 0 Å². The molecule has 0 aliphatic heterocycles. The first kappa shape index (κ1) is 8.35. The molecule has 1 aromatic carbocycles. The molecule has 0 saturated heterocycles. The van der Waals surface area contributed by atoms with Crippen molar-refractivity contribution in [2.24, 2.45) is 0 Å². The molecule has 60 valence electrons. The number of hydrogen-bond donors (Lipinski definition) is 1. The van der Waals surface area contributed by atoms with Gasteiger partial charge >= 0.3 is 0 Å². The highest BCUT2D eigenvalue weighted by Gasteiger charge is 2.06. The fourth-order valence-corrected chi connectivity index (χ4v) is 1.08. The molecule has 0 amide bonds. The lowest BCUT2D eigenvalue weighted by Gasteiger charge is -2.04. The summed E-state index contributed by atoms with van der Waals surface area (Å²) in [7, 11) is 0. The molecule has 2 heteroatoms. The summed E-state index contributed by atoms with van der Waals surface area (Å²) in [5.74, 6) is 0.113. The van der Waals surface area contributed by atoms with E-state index in [1.165, 1.54) is 0 Å². The molecular weight excluding hydrogens is 150 g/mol. The smallest absolute Gasteiger partial charge is 0.124 e. The maximum Gasteiger partial charge on any atom is 0.124 e. The monoisotopic (exact) mass is 159 g/mol. The van der Waals surface area contributed by atoms with Crippen LogP contribution in [0.3, 0.4) is 0 Å². The van der Waals surface area contributed by atoms with Gasteiger partial charge in [-0.25, -0.2) is 0 Å². The van der Waals surface area contributed by atoms with E-state index in [-0.39, 0.29) is 5.75 Å². The number of allylic oxidation sites excluding steroid dienone is 1. The summed E-state index contributed by atoms with van der Waals surface area (Å²) in [4.78, 5) is 0. The third-order valence-corrected chi connectivity index (χ3v) is 1.59. The van der Waals surface area contributed by atoms with E-state index in [9.17, 15) is 5.11 Å². The Hall–Kier alpha value is -1.75. The number of aromatic hydroxyl groups is 1. The van der Waals surface area contributed by atoms with Gasteiger partial charge in [-0.2, -0.15) is 5.26 Å². The van der Waals surface area contributed by atoms with Crippen LogP contribution in [0.5, 0.6) is 5.75 Å². The second-order valence-corrected chi connectivity index (χ2v) is 2.59. The molecule has 0 fully saturated rings. The molecule has 12 heavy (non-hydrogen) atoms. The van der Waals surface area contributed by atoms with E-state index >= 15 is 0 Å². The van der Waals surface area contributed by atoms with E-state index < -0.39 is 0 Å². The van der Waals surface area contributed by atoms with Crippen molar-refractivity contribution in [3.8, 4) is 11.8 Å². The Morgan fingerprint density at radius 3 is 2.67 bits per heavy atom. The lowest BCUT2D eigenvalue weighted by atomic mass is 10.0. The molecule has 1 N–H and O–H groups in total. The molecule has 1 rings (SSSR count). The van der Waals surface area contributed by atoms with Gasteiger partial charge < -0.3 is 5.11 Å². The van der Waals surface area contributed by atoms with Crippen molar-refractivity contribution in [1.82, 2.24) is 0 Å². The highest BCUT2D eigenvalue weighted by molar-refractivity contribution is 5.72. The predicted octanol–water partition coefficient (Wildman–Crippen LogP) is 2.30. The molecular formula is C10H9NO. The van der Waals surface area contributed by atoms with Crippen LogP contribution in [0, 0.1) is 11.3 Å². The molecule has 0 radical (unpaired) electrons. The third-order valence-electron chi connectivity index (χ3n) is 1.59. The normalized spacial score (nSPS) is 9.00. The molecule has 0 saturated carbocycles. The Balaban J connectivity index is 3.42. The first-order valence-electron chi connectivity index (χ1n) is 3.54. The van der Waals surface area contributed by atoms with E-state index in [2.05, 4.69) is 6.58 Å². The van der Waals surface area contributed by atoms with Crippen LogP contribution in [0.15, 0.2) is 24.8 Å². The molecule has 0 atom stereocenters. The molecule has 0 aliphatic rings. The molecule has 0 bridgehead atoms. The highest BCUT2D eigenvalue weighted by Crippen LogP contribution is 2.26. The van der Waals surface area contributed by atoms with Crippen LogP contribution in [0.1, 0.15) is 18.1 Å². The van der Waals surface area contributed by atoms with E-state index in [4.69, 9.17) is 5.26 Å². The second-order valence-electron chi connectivity index (χ2n) is 2.59. The van der Waals surface area contributed by atoms with Gasteiger partial charge in [0.05, 0.1) is 11.6 Å². The standard InChI is InChI=1S/C10H9NO/c1-7(2)10-8(6-11)4-3-5-9(10)12/h3-5,12H,1H2,2H3. The van der Waals surface area contributed by atoms with Crippen LogP contribution < -0.4 is 0 Å². The summed E-state index contributed by atoms with van der Waals surface area (Å²) in [6.45, 7) is 5.44. The summed E-state index contributed by atoms with van der Waals surface area (Å²) in [6.07, 6.45) is 0. The van der Waals surface area contributed by atoms with Gasteiger partial charge in [0.2, 0.25) is 0 Å². The lowest BCUT2D eigenvalue weighted by molar-refractivity contribution is 0.473. The van der Waals surface area contributed by atoms with Crippen molar-refractivity contribution in [1.29, 1.82) is 5.26 Å². The number of rotatable bonds is 1. The van der Waals surface area contributed by atoms with E-state index in [1.54, 1.807) is 25.1 Å². The molecule has 0 aliphatic carbocycles. The SMILES string of the molecule is C=C(C)c1c(O)cccc1C#N. The van der Waals surface area contributed by atoms with Gasteiger partial charge in [-0.05, 0) is 24.6 Å². The first-order chi connectivity index (χ1) is 5.66. The summed E-state index contributed by atoms with van der Waals surface area (Å²) >= 11 is 0. The number of phenols is 1. The maximum absolute atomic E-state index is 9.38. The summed E-state index contributed by atoms with van der Waals surface area (Å²) in [6, 6.07) is 6.84. The first-order valence-corrected chi connectivity index (χ1v) is 3.54. The predicted molar refractivity (Wildman–Crippen MR) is 47.5 cm³/mol. The largest absolute Gasteiger partial charge is 0.507 e. The average molecular weight is 159 g/mol. The van der Waals surface area contributed by atoms with Gasteiger partial charge in [0.15, 0.2) is 0 Å². The zero-order chi connectivity index (χ0) is 9.14. The van der Waals surface area contributed by atoms with Gasteiger partial charge in [-0.15, -0.1) is 0 Å². The minimum Gasteiger partial charge on any atom is -0.507 e. The number of nitriles is 1. The van der Waals surface area contributed by atoms with Crippen LogP contribution in [-0.4, -0.2) is 5.11 Å². The zero-order valence-corrected chi connectivity index (χ0v) is 6.83. The Labute approximate surface area is 71.4 Å². The third kappa shape index (κ3) is 1.30. The molecule has 1 aromatic rings. The number of phenolic OH excluding ortho intramolecular Hbond substituents is 1. The fraction of sp³-hybridized carbons (Fsp3) is 0.100. The fourth-order valence-electron chi connectivity index (χ4n) is 1.08. The van der Waals surface area contributed by atoms with Gasteiger partial charge in [0.25, 0.3) is 0 Å². The zero-order valence-electron chi connectivity index (χ0n) is 6.83. The molecule has 0 unspecified atom stereocenters. The Bertz CT molecular complexity index is 361. The molecule has 2 nitrogen and oxygen atoms in total. The molecule has 0 aromatic heterocycles. The topological polar surface area (TPSA) is 44.0 Å². The number of nitrogens with zero attached hydrogens (tertiary/aromatic N) is 1. The van der Waals surface area contributed by atoms with Crippen LogP contribution in [0.25, 0.3) is 5.57 Å². The quantitative estimate of drug-likeness (QED) is 0.683. The van der Waals surface area contributed by atoms with Crippen molar-refractivity contribution in [2.45, 2.75) is 6.92 Å².